The second-order valence-electron chi connectivity index (χ2n) is 4.20. The number of amides is 1. The van der Waals surface area contributed by atoms with Crippen LogP contribution in [0.25, 0.3) is 0 Å². The van der Waals surface area contributed by atoms with E-state index in [-0.39, 0.29) is 12.5 Å². The van der Waals surface area contributed by atoms with Gasteiger partial charge < -0.3 is 19.4 Å². The van der Waals surface area contributed by atoms with Gasteiger partial charge in [0.05, 0.1) is 6.61 Å². The Bertz CT molecular complexity index is 390. The van der Waals surface area contributed by atoms with Gasteiger partial charge in [0.2, 0.25) is 5.91 Å². The summed E-state index contributed by atoms with van der Waals surface area (Å²) >= 11 is 0. The van der Waals surface area contributed by atoms with E-state index >= 15 is 0 Å². The van der Waals surface area contributed by atoms with Gasteiger partial charge >= 0.3 is 0 Å². The van der Waals surface area contributed by atoms with E-state index in [4.69, 9.17) is 9.47 Å². The topological polar surface area (TPSA) is 65.4 Å². The molecule has 6 heteroatoms. The predicted molar refractivity (Wildman–Crippen MR) is 72.0 cm³/mol. The van der Waals surface area contributed by atoms with Crippen molar-refractivity contribution in [1.82, 2.24) is 14.9 Å². The molecule has 108 valence electrons. The average molecular weight is 269 g/mol. The number of aryl methyl sites for hydroxylation is 1. The summed E-state index contributed by atoms with van der Waals surface area (Å²) in [5.41, 5.74) is 1.10. The number of carbonyl (C=O) groups excluding carboxylic acids is 1. The number of rotatable bonds is 9. The zero-order valence-corrected chi connectivity index (χ0v) is 11.9. The van der Waals surface area contributed by atoms with E-state index < -0.39 is 0 Å². The molecule has 0 aliphatic carbocycles. The Morgan fingerprint density at radius 3 is 3.00 bits per heavy atom. The summed E-state index contributed by atoms with van der Waals surface area (Å²) < 4.78 is 12.2. The summed E-state index contributed by atoms with van der Waals surface area (Å²) in [6, 6.07) is 0. The van der Waals surface area contributed by atoms with E-state index in [1.165, 1.54) is 0 Å². The van der Waals surface area contributed by atoms with E-state index in [1.807, 2.05) is 20.0 Å². The molecule has 1 heterocycles. The number of nitrogens with zero attached hydrogens (tertiary/aromatic N) is 2. The molecule has 1 amide bonds. The average Bonchev–Trinajstić information content (AvgIpc) is 2.75. The number of imidazole rings is 1. The number of hydrogen-bond donors (Lipinski definition) is 1. The Morgan fingerprint density at radius 1 is 1.53 bits per heavy atom. The van der Waals surface area contributed by atoms with E-state index in [2.05, 4.69) is 14.9 Å². The molecule has 1 aromatic rings. The fourth-order valence-electron chi connectivity index (χ4n) is 1.76. The first-order chi connectivity index (χ1) is 9.19. The van der Waals surface area contributed by atoms with Crippen molar-refractivity contribution in [3.8, 4) is 0 Å². The van der Waals surface area contributed by atoms with Gasteiger partial charge in [-0.2, -0.15) is 0 Å². The van der Waals surface area contributed by atoms with Crippen LogP contribution >= 0.6 is 0 Å². The van der Waals surface area contributed by atoms with Crippen molar-refractivity contribution in [1.29, 1.82) is 0 Å². The van der Waals surface area contributed by atoms with Crippen molar-refractivity contribution in [3.05, 3.63) is 17.7 Å². The summed E-state index contributed by atoms with van der Waals surface area (Å²) in [6.07, 6.45) is 2.54. The standard InChI is InChI=1S/C13H23N3O3/c1-4-19-10-13(17)14-6-5-12-15-9-11(2)16(12)7-8-18-3/h9H,4-8,10H2,1-3H3,(H,14,17). The second-order valence-corrected chi connectivity index (χ2v) is 4.20. The normalized spacial score (nSPS) is 10.7. The molecule has 0 spiro atoms. The first kappa shape index (κ1) is 15.7. The molecule has 0 aliphatic heterocycles. The summed E-state index contributed by atoms with van der Waals surface area (Å²) in [5, 5.41) is 2.81. The van der Waals surface area contributed by atoms with E-state index in [0.717, 1.165) is 18.1 Å². The molecule has 0 radical (unpaired) electrons. The summed E-state index contributed by atoms with van der Waals surface area (Å²) in [6.45, 7) is 6.55. The molecular weight excluding hydrogens is 246 g/mol. The Balaban J connectivity index is 2.38. The fourth-order valence-corrected chi connectivity index (χ4v) is 1.76. The number of methoxy groups -OCH3 is 1. The van der Waals surface area contributed by atoms with Crippen LogP contribution in [0.15, 0.2) is 6.20 Å². The Labute approximate surface area is 114 Å². The van der Waals surface area contributed by atoms with Crippen molar-refractivity contribution >= 4 is 5.91 Å². The predicted octanol–water partition coefficient (Wildman–Crippen LogP) is 0.533. The van der Waals surface area contributed by atoms with Crippen LogP contribution in [-0.2, 0) is 27.2 Å². The molecule has 0 saturated heterocycles. The van der Waals surface area contributed by atoms with Crippen molar-refractivity contribution in [3.63, 3.8) is 0 Å². The van der Waals surface area contributed by atoms with Gasteiger partial charge in [0, 0.05) is 45.1 Å². The largest absolute Gasteiger partial charge is 0.383 e. The van der Waals surface area contributed by atoms with Crippen LogP contribution in [0.2, 0.25) is 0 Å². The van der Waals surface area contributed by atoms with Gasteiger partial charge in [0.25, 0.3) is 0 Å². The Hall–Kier alpha value is -1.40. The molecule has 0 aromatic carbocycles. The van der Waals surface area contributed by atoms with Crippen LogP contribution in [0.5, 0.6) is 0 Å². The van der Waals surface area contributed by atoms with E-state index in [0.29, 0.717) is 26.2 Å². The third-order valence-corrected chi connectivity index (χ3v) is 2.76. The highest BCUT2D eigenvalue weighted by Crippen LogP contribution is 2.04. The minimum atomic E-state index is -0.0893. The summed E-state index contributed by atoms with van der Waals surface area (Å²) in [4.78, 5) is 15.7. The molecule has 1 rings (SSSR count). The number of aromatic nitrogens is 2. The van der Waals surface area contributed by atoms with Crippen molar-refractivity contribution < 1.29 is 14.3 Å². The second kappa shape index (κ2) is 8.66. The third-order valence-electron chi connectivity index (χ3n) is 2.76. The molecule has 0 bridgehead atoms. The van der Waals surface area contributed by atoms with Crippen molar-refractivity contribution in [2.75, 3.05) is 33.5 Å². The molecular formula is C13H23N3O3. The summed E-state index contributed by atoms with van der Waals surface area (Å²) in [7, 11) is 1.68. The third kappa shape index (κ3) is 5.40. The molecule has 6 nitrogen and oxygen atoms in total. The zero-order valence-electron chi connectivity index (χ0n) is 11.9. The highest BCUT2D eigenvalue weighted by Gasteiger charge is 2.07. The number of hydrogen-bond acceptors (Lipinski definition) is 4. The summed E-state index contributed by atoms with van der Waals surface area (Å²) in [5.74, 6) is 0.875. The van der Waals surface area contributed by atoms with Crippen LogP contribution in [0, 0.1) is 6.92 Å². The number of nitrogens with one attached hydrogen (secondary N) is 1. The lowest BCUT2D eigenvalue weighted by Crippen LogP contribution is -2.30. The lowest BCUT2D eigenvalue weighted by molar-refractivity contribution is -0.125. The van der Waals surface area contributed by atoms with Gasteiger partial charge in [0.15, 0.2) is 0 Å². The van der Waals surface area contributed by atoms with Crippen LogP contribution in [0.3, 0.4) is 0 Å². The van der Waals surface area contributed by atoms with E-state index in [1.54, 1.807) is 7.11 Å². The number of carbonyl (C=O) groups is 1. The Kier molecular flexibility index (Phi) is 7.14. The van der Waals surface area contributed by atoms with Gasteiger partial charge in [-0.05, 0) is 13.8 Å². The molecule has 1 aromatic heterocycles. The molecule has 0 aliphatic rings. The monoisotopic (exact) mass is 269 g/mol. The van der Waals surface area contributed by atoms with Gasteiger partial charge in [-0.1, -0.05) is 0 Å². The minimum Gasteiger partial charge on any atom is -0.383 e. The minimum absolute atomic E-state index is 0.0893. The SMILES string of the molecule is CCOCC(=O)NCCc1ncc(C)n1CCOC. The molecule has 0 saturated carbocycles. The van der Waals surface area contributed by atoms with Crippen LogP contribution in [-0.4, -0.2) is 48.9 Å². The van der Waals surface area contributed by atoms with Crippen molar-refractivity contribution in [2.45, 2.75) is 26.8 Å². The van der Waals surface area contributed by atoms with Gasteiger partial charge in [-0.25, -0.2) is 4.98 Å². The first-order valence-electron chi connectivity index (χ1n) is 6.53. The maximum atomic E-state index is 11.4. The van der Waals surface area contributed by atoms with Crippen LogP contribution in [0.4, 0.5) is 0 Å². The molecule has 19 heavy (non-hydrogen) atoms. The number of ether oxygens (including phenoxy) is 2. The van der Waals surface area contributed by atoms with Crippen LogP contribution < -0.4 is 5.32 Å². The smallest absolute Gasteiger partial charge is 0.246 e. The van der Waals surface area contributed by atoms with Gasteiger partial charge in [-0.15, -0.1) is 0 Å². The lowest BCUT2D eigenvalue weighted by atomic mass is 10.3. The molecule has 1 N–H and O–H groups in total. The molecule has 0 unspecified atom stereocenters. The van der Waals surface area contributed by atoms with E-state index in [9.17, 15) is 4.79 Å². The van der Waals surface area contributed by atoms with Crippen LogP contribution in [0.1, 0.15) is 18.4 Å². The van der Waals surface area contributed by atoms with Crippen molar-refractivity contribution in [2.24, 2.45) is 0 Å². The molecule has 0 fully saturated rings. The maximum Gasteiger partial charge on any atom is 0.246 e. The highest BCUT2D eigenvalue weighted by atomic mass is 16.5. The van der Waals surface area contributed by atoms with Gasteiger partial charge in [-0.3, -0.25) is 4.79 Å². The quantitative estimate of drug-likeness (QED) is 0.710. The zero-order chi connectivity index (χ0) is 14.1. The Morgan fingerprint density at radius 2 is 2.32 bits per heavy atom. The molecule has 0 atom stereocenters. The first-order valence-corrected chi connectivity index (χ1v) is 6.53. The van der Waals surface area contributed by atoms with Gasteiger partial charge in [0.1, 0.15) is 12.4 Å². The lowest BCUT2D eigenvalue weighted by Gasteiger charge is -2.10. The highest BCUT2D eigenvalue weighted by molar-refractivity contribution is 5.77. The maximum absolute atomic E-state index is 11.4. The fraction of sp³-hybridized carbons (Fsp3) is 0.692.